The number of aryl methyl sites for hydroxylation is 1. The highest BCUT2D eigenvalue weighted by Gasteiger charge is 2.35. The first kappa shape index (κ1) is 18.9. The van der Waals surface area contributed by atoms with Gasteiger partial charge in [0.05, 0.1) is 12.0 Å². The Morgan fingerprint density at radius 2 is 1.93 bits per heavy atom. The average molecular weight is 370 g/mol. The van der Waals surface area contributed by atoms with Crippen LogP contribution in [0.2, 0.25) is 0 Å². The number of hydrogen-bond donors (Lipinski definition) is 1. The minimum Gasteiger partial charge on any atom is -0.491 e. The van der Waals surface area contributed by atoms with E-state index in [-0.39, 0.29) is 30.2 Å². The van der Waals surface area contributed by atoms with Gasteiger partial charge in [-0.3, -0.25) is 9.59 Å². The second kappa shape index (κ2) is 7.78. The maximum absolute atomic E-state index is 13.6. The Morgan fingerprint density at radius 1 is 1.22 bits per heavy atom. The zero-order chi connectivity index (χ0) is 19.6. The van der Waals surface area contributed by atoms with E-state index in [1.807, 2.05) is 38.1 Å². The molecule has 2 amide bonds. The highest BCUT2D eigenvalue weighted by molar-refractivity contribution is 6.03. The van der Waals surface area contributed by atoms with Gasteiger partial charge in [-0.25, -0.2) is 4.39 Å². The topological polar surface area (TPSA) is 58.6 Å². The Hall–Kier alpha value is -2.89. The number of hydrogen-bond acceptors (Lipinski definition) is 3. The first-order chi connectivity index (χ1) is 12.8. The van der Waals surface area contributed by atoms with E-state index in [0.717, 1.165) is 11.4 Å². The maximum Gasteiger partial charge on any atom is 0.229 e. The molecule has 1 saturated heterocycles. The molecule has 0 spiro atoms. The lowest BCUT2D eigenvalue weighted by molar-refractivity contribution is -0.122. The number of anilines is 2. The number of amides is 2. The summed E-state index contributed by atoms with van der Waals surface area (Å²) in [6.45, 7) is 5.84. The fourth-order valence-electron chi connectivity index (χ4n) is 3.02. The number of ether oxygens (including phenoxy) is 1. The Bertz CT molecular complexity index is 849. The van der Waals surface area contributed by atoms with Crippen molar-refractivity contribution in [3.05, 3.63) is 53.8 Å². The smallest absolute Gasteiger partial charge is 0.229 e. The molecule has 0 bridgehead atoms. The van der Waals surface area contributed by atoms with Crippen LogP contribution in [0.4, 0.5) is 15.8 Å². The first-order valence-electron chi connectivity index (χ1n) is 8.97. The van der Waals surface area contributed by atoms with Crippen LogP contribution in [0.15, 0.2) is 42.5 Å². The van der Waals surface area contributed by atoms with Crippen LogP contribution in [0.25, 0.3) is 0 Å². The van der Waals surface area contributed by atoms with Crippen molar-refractivity contribution in [3.63, 3.8) is 0 Å². The van der Waals surface area contributed by atoms with Gasteiger partial charge in [-0.15, -0.1) is 0 Å². The maximum atomic E-state index is 13.6. The highest BCUT2D eigenvalue weighted by Crippen LogP contribution is 2.28. The molecule has 6 heteroatoms. The SMILES string of the molecule is Cc1ccc(NC(=O)[C@@H]2CC(=O)N(c3ccc(OC(C)C)cc3)C2)cc1F. The molecule has 3 rings (SSSR count). The monoisotopic (exact) mass is 370 g/mol. The van der Waals surface area contributed by atoms with E-state index < -0.39 is 5.92 Å². The van der Waals surface area contributed by atoms with Crippen LogP contribution < -0.4 is 15.0 Å². The molecule has 27 heavy (non-hydrogen) atoms. The Labute approximate surface area is 158 Å². The summed E-state index contributed by atoms with van der Waals surface area (Å²) in [5.41, 5.74) is 1.64. The van der Waals surface area contributed by atoms with Crippen LogP contribution in [-0.4, -0.2) is 24.5 Å². The van der Waals surface area contributed by atoms with Crippen LogP contribution in [0.1, 0.15) is 25.8 Å². The third-order valence-electron chi connectivity index (χ3n) is 4.46. The van der Waals surface area contributed by atoms with E-state index in [1.54, 1.807) is 24.0 Å². The molecule has 2 aromatic rings. The molecule has 0 aromatic heterocycles. The van der Waals surface area contributed by atoms with Crippen LogP contribution in [0.3, 0.4) is 0 Å². The van der Waals surface area contributed by atoms with E-state index >= 15 is 0 Å². The fraction of sp³-hybridized carbons (Fsp3) is 0.333. The van der Waals surface area contributed by atoms with Gasteiger partial charge in [0.2, 0.25) is 11.8 Å². The number of rotatable bonds is 5. The highest BCUT2D eigenvalue weighted by atomic mass is 19.1. The van der Waals surface area contributed by atoms with Gasteiger partial charge in [0, 0.05) is 24.3 Å². The average Bonchev–Trinajstić information content (AvgIpc) is 3.00. The number of carbonyl (C=O) groups is 2. The van der Waals surface area contributed by atoms with Crippen LogP contribution in [-0.2, 0) is 9.59 Å². The van der Waals surface area contributed by atoms with Gasteiger partial charge in [0.25, 0.3) is 0 Å². The molecule has 1 fully saturated rings. The normalized spacial score (nSPS) is 16.7. The second-order valence-corrected chi connectivity index (χ2v) is 7.02. The van der Waals surface area contributed by atoms with Crippen molar-refractivity contribution in [1.29, 1.82) is 0 Å². The summed E-state index contributed by atoms with van der Waals surface area (Å²) in [6.07, 6.45) is 0.202. The molecule has 5 nitrogen and oxygen atoms in total. The Balaban J connectivity index is 1.65. The minimum absolute atomic E-state index is 0.0731. The van der Waals surface area contributed by atoms with Crippen LogP contribution in [0, 0.1) is 18.7 Å². The zero-order valence-electron chi connectivity index (χ0n) is 15.7. The zero-order valence-corrected chi connectivity index (χ0v) is 15.7. The van der Waals surface area contributed by atoms with Gasteiger partial charge in [-0.05, 0) is 62.7 Å². The molecule has 1 aliphatic rings. The number of halogens is 1. The van der Waals surface area contributed by atoms with Crippen molar-refractivity contribution >= 4 is 23.2 Å². The summed E-state index contributed by atoms with van der Waals surface area (Å²) >= 11 is 0. The van der Waals surface area contributed by atoms with Gasteiger partial charge in [-0.2, -0.15) is 0 Å². The van der Waals surface area contributed by atoms with Crippen molar-refractivity contribution < 1.29 is 18.7 Å². The first-order valence-corrected chi connectivity index (χ1v) is 8.97. The van der Waals surface area contributed by atoms with E-state index in [9.17, 15) is 14.0 Å². The molecule has 0 radical (unpaired) electrons. The molecule has 1 aliphatic heterocycles. The lowest BCUT2D eigenvalue weighted by Gasteiger charge is -2.18. The van der Waals surface area contributed by atoms with Crippen LogP contribution >= 0.6 is 0 Å². The molecule has 142 valence electrons. The Kier molecular flexibility index (Phi) is 5.44. The summed E-state index contributed by atoms with van der Waals surface area (Å²) in [4.78, 5) is 26.4. The Morgan fingerprint density at radius 3 is 2.56 bits per heavy atom. The molecule has 1 N–H and O–H groups in total. The molecule has 0 saturated carbocycles. The lowest BCUT2D eigenvalue weighted by Crippen LogP contribution is -2.28. The summed E-state index contributed by atoms with van der Waals surface area (Å²) in [6, 6.07) is 11.8. The number of nitrogens with one attached hydrogen (secondary N) is 1. The standard InChI is InChI=1S/C21H23FN2O3/c1-13(2)27-18-8-6-17(7-9-18)24-12-15(10-20(24)25)21(26)23-16-5-4-14(3)19(22)11-16/h4-9,11,13,15H,10,12H2,1-3H3,(H,23,26)/t15-/m1/s1. The van der Waals surface area contributed by atoms with Gasteiger partial charge in [-0.1, -0.05) is 6.07 Å². The number of nitrogens with zero attached hydrogens (tertiary/aromatic N) is 1. The number of benzene rings is 2. The minimum atomic E-state index is -0.478. The van der Waals surface area contributed by atoms with Gasteiger partial charge < -0.3 is 15.0 Å². The summed E-state index contributed by atoms with van der Waals surface area (Å²) < 4.78 is 19.2. The van der Waals surface area contributed by atoms with Crippen molar-refractivity contribution in [1.82, 2.24) is 0 Å². The third kappa shape index (κ3) is 4.45. The summed E-state index contributed by atoms with van der Waals surface area (Å²) in [5.74, 6) is -0.512. The van der Waals surface area contributed by atoms with Gasteiger partial charge in [0.1, 0.15) is 11.6 Å². The molecule has 0 aliphatic carbocycles. The van der Waals surface area contributed by atoms with Crippen LogP contribution in [0.5, 0.6) is 5.75 Å². The van der Waals surface area contributed by atoms with Crippen molar-refractivity contribution in [2.24, 2.45) is 5.92 Å². The van der Waals surface area contributed by atoms with Crippen molar-refractivity contribution in [3.8, 4) is 5.75 Å². The quantitative estimate of drug-likeness (QED) is 0.868. The van der Waals surface area contributed by atoms with Gasteiger partial charge >= 0.3 is 0 Å². The fourth-order valence-corrected chi connectivity index (χ4v) is 3.02. The molecule has 1 atom stereocenters. The van der Waals surface area contributed by atoms with E-state index in [1.165, 1.54) is 6.07 Å². The number of carbonyl (C=O) groups excluding carboxylic acids is 2. The summed E-state index contributed by atoms with van der Waals surface area (Å²) in [7, 11) is 0. The molecule has 1 heterocycles. The van der Waals surface area contributed by atoms with E-state index in [4.69, 9.17) is 4.74 Å². The van der Waals surface area contributed by atoms with Gasteiger partial charge in [0.15, 0.2) is 0 Å². The lowest BCUT2D eigenvalue weighted by atomic mass is 10.1. The van der Waals surface area contributed by atoms with Crippen molar-refractivity contribution in [2.45, 2.75) is 33.3 Å². The predicted octanol–water partition coefficient (Wildman–Crippen LogP) is 3.91. The molecular formula is C21H23FN2O3. The predicted molar refractivity (Wildman–Crippen MR) is 102 cm³/mol. The largest absolute Gasteiger partial charge is 0.491 e. The third-order valence-corrected chi connectivity index (χ3v) is 4.46. The second-order valence-electron chi connectivity index (χ2n) is 7.02. The van der Waals surface area contributed by atoms with E-state index in [0.29, 0.717) is 17.8 Å². The summed E-state index contributed by atoms with van der Waals surface area (Å²) in [5, 5.41) is 2.70. The molecule has 2 aromatic carbocycles. The molecule has 0 unspecified atom stereocenters. The van der Waals surface area contributed by atoms with E-state index in [2.05, 4.69) is 5.32 Å². The van der Waals surface area contributed by atoms with Crippen molar-refractivity contribution in [2.75, 3.05) is 16.8 Å². The molecular weight excluding hydrogens is 347 g/mol.